The fourth-order valence-corrected chi connectivity index (χ4v) is 2.51. The lowest BCUT2D eigenvalue weighted by atomic mass is 10.0. The summed E-state index contributed by atoms with van der Waals surface area (Å²) in [5.74, 6) is 0.546. The van der Waals surface area contributed by atoms with Gasteiger partial charge in [0.25, 0.3) is 0 Å². The summed E-state index contributed by atoms with van der Waals surface area (Å²) in [5.41, 5.74) is 4.40. The first-order chi connectivity index (χ1) is 11.2. The van der Waals surface area contributed by atoms with E-state index >= 15 is 0 Å². The molecule has 5 nitrogen and oxygen atoms in total. The van der Waals surface area contributed by atoms with Crippen LogP contribution in [0.1, 0.15) is 18.9 Å². The van der Waals surface area contributed by atoms with Crippen LogP contribution in [0.4, 0.5) is 10.6 Å². The van der Waals surface area contributed by atoms with Gasteiger partial charge in [-0.15, -0.1) is 0 Å². The second-order valence-electron chi connectivity index (χ2n) is 5.58. The molecule has 2 amide bonds. The number of H-pyrrole nitrogens is 1. The van der Waals surface area contributed by atoms with Crippen LogP contribution in [0.2, 0.25) is 0 Å². The Kier molecular flexibility index (Phi) is 4.28. The smallest absolute Gasteiger partial charge is 0.320 e. The van der Waals surface area contributed by atoms with E-state index in [-0.39, 0.29) is 6.03 Å². The summed E-state index contributed by atoms with van der Waals surface area (Å²) in [6.07, 6.45) is 0.897. The van der Waals surface area contributed by atoms with Crippen molar-refractivity contribution in [2.75, 3.05) is 11.9 Å². The molecule has 0 bridgehead atoms. The number of anilines is 1. The SMILES string of the molecule is CCCNC(=O)Nc1n[nH]c2cc(-c3cccc(C)c3)ccc12. The molecular weight excluding hydrogens is 288 g/mol. The standard InChI is InChI=1S/C18H20N4O/c1-3-9-19-18(23)20-17-15-8-7-14(11-16(15)21-22-17)13-6-4-5-12(2)10-13/h4-8,10-11H,3,9H2,1-2H3,(H3,19,20,21,22,23). The van der Waals surface area contributed by atoms with Crippen molar-refractivity contribution in [1.82, 2.24) is 15.5 Å². The van der Waals surface area contributed by atoms with E-state index in [9.17, 15) is 4.79 Å². The summed E-state index contributed by atoms with van der Waals surface area (Å²) in [5, 5.41) is 13.6. The van der Waals surface area contributed by atoms with Crippen LogP contribution in [0.15, 0.2) is 42.5 Å². The molecule has 0 aliphatic rings. The summed E-state index contributed by atoms with van der Waals surface area (Å²) in [6, 6.07) is 14.2. The quantitative estimate of drug-likeness (QED) is 0.680. The molecule has 3 aromatic rings. The fourth-order valence-electron chi connectivity index (χ4n) is 2.51. The van der Waals surface area contributed by atoms with Gasteiger partial charge in [-0.25, -0.2) is 4.79 Å². The molecule has 2 aromatic carbocycles. The van der Waals surface area contributed by atoms with Gasteiger partial charge in [-0.3, -0.25) is 10.4 Å². The van der Waals surface area contributed by atoms with E-state index < -0.39 is 0 Å². The molecule has 0 aliphatic heterocycles. The summed E-state index contributed by atoms with van der Waals surface area (Å²) < 4.78 is 0. The first-order valence-corrected chi connectivity index (χ1v) is 7.77. The second kappa shape index (κ2) is 6.52. The molecule has 0 saturated carbocycles. The third-order valence-corrected chi connectivity index (χ3v) is 3.68. The number of nitrogens with zero attached hydrogens (tertiary/aromatic N) is 1. The fraction of sp³-hybridized carbons (Fsp3) is 0.222. The van der Waals surface area contributed by atoms with Gasteiger partial charge in [-0.2, -0.15) is 5.10 Å². The zero-order chi connectivity index (χ0) is 16.2. The predicted octanol–water partition coefficient (Wildman–Crippen LogP) is 4.07. The Morgan fingerprint density at radius 1 is 1.17 bits per heavy atom. The third-order valence-electron chi connectivity index (χ3n) is 3.68. The number of carbonyl (C=O) groups is 1. The van der Waals surface area contributed by atoms with E-state index in [2.05, 4.69) is 46.0 Å². The van der Waals surface area contributed by atoms with E-state index in [1.54, 1.807) is 0 Å². The van der Waals surface area contributed by atoms with Gasteiger partial charge in [0.2, 0.25) is 0 Å². The molecule has 1 aromatic heterocycles. The zero-order valence-corrected chi connectivity index (χ0v) is 13.3. The van der Waals surface area contributed by atoms with Crippen LogP contribution in [0.5, 0.6) is 0 Å². The van der Waals surface area contributed by atoms with Gasteiger partial charge in [0.15, 0.2) is 5.82 Å². The number of amides is 2. The van der Waals surface area contributed by atoms with Gasteiger partial charge >= 0.3 is 6.03 Å². The Morgan fingerprint density at radius 3 is 2.78 bits per heavy atom. The number of hydrogen-bond donors (Lipinski definition) is 3. The first-order valence-electron chi connectivity index (χ1n) is 7.77. The summed E-state index contributed by atoms with van der Waals surface area (Å²) in [6.45, 7) is 4.73. The number of aromatic nitrogens is 2. The van der Waals surface area contributed by atoms with E-state index in [0.717, 1.165) is 28.5 Å². The molecule has 0 unspecified atom stereocenters. The Hall–Kier alpha value is -2.82. The van der Waals surface area contributed by atoms with Crippen LogP contribution in [0, 0.1) is 6.92 Å². The molecule has 118 valence electrons. The Balaban J connectivity index is 1.87. The number of urea groups is 1. The van der Waals surface area contributed by atoms with E-state index in [1.165, 1.54) is 5.56 Å². The Labute approximate surface area is 135 Å². The highest BCUT2D eigenvalue weighted by Gasteiger charge is 2.10. The van der Waals surface area contributed by atoms with Gasteiger partial charge < -0.3 is 5.32 Å². The van der Waals surface area contributed by atoms with Gasteiger partial charge in [-0.05, 0) is 36.6 Å². The molecule has 1 heterocycles. The molecule has 0 spiro atoms. The molecule has 5 heteroatoms. The number of rotatable bonds is 4. The summed E-state index contributed by atoms with van der Waals surface area (Å²) in [7, 11) is 0. The highest BCUT2D eigenvalue weighted by Crippen LogP contribution is 2.27. The van der Waals surface area contributed by atoms with Crippen LogP contribution in [-0.2, 0) is 0 Å². The van der Waals surface area contributed by atoms with E-state index in [0.29, 0.717) is 12.4 Å². The second-order valence-corrected chi connectivity index (χ2v) is 5.58. The molecular formula is C18H20N4O. The van der Waals surface area contributed by atoms with E-state index in [1.807, 2.05) is 31.2 Å². The van der Waals surface area contributed by atoms with Crippen LogP contribution < -0.4 is 10.6 Å². The molecule has 0 radical (unpaired) electrons. The van der Waals surface area contributed by atoms with Crippen molar-refractivity contribution in [3.05, 3.63) is 48.0 Å². The number of fused-ring (bicyclic) bond motifs is 1. The average molecular weight is 308 g/mol. The molecule has 3 rings (SSSR count). The molecule has 0 aliphatic carbocycles. The predicted molar refractivity (Wildman–Crippen MR) is 93.6 cm³/mol. The van der Waals surface area contributed by atoms with Crippen molar-refractivity contribution < 1.29 is 4.79 Å². The first kappa shape index (κ1) is 15.1. The maximum Gasteiger partial charge on any atom is 0.320 e. The van der Waals surface area contributed by atoms with Gasteiger partial charge in [0, 0.05) is 11.9 Å². The molecule has 0 saturated heterocycles. The topological polar surface area (TPSA) is 69.8 Å². The lowest BCUT2D eigenvalue weighted by Gasteiger charge is -2.05. The summed E-state index contributed by atoms with van der Waals surface area (Å²) >= 11 is 0. The number of carbonyl (C=O) groups excluding carboxylic acids is 1. The number of benzene rings is 2. The monoisotopic (exact) mass is 308 g/mol. The average Bonchev–Trinajstić information content (AvgIpc) is 2.95. The Bertz CT molecular complexity index is 838. The van der Waals surface area contributed by atoms with Crippen LogP contribution in [-0.4, -0.2) is 22.8 Å². The number of nitrogens with one attached hydrogen (secondary N) is 3. The number of aryl methyl sites for hydroxylation is 1. The van der Waals surface area contributed by atoms with Crippen molar-refractivity contribution in [2.24, 2.45) is 0 Å². The lowest BCUT2D eigenvalue weighted by Crippen LogP contribution is -2.29. The zero-order valence-electron chi connectivity index (χ0n) is 13.3. The third kappa shape index (κ3) is 3.34. The Morgan fingerprint density at radius 2 is 2.00 bits per heavy atom. The summed E-state index contributed by atoms with van der Waals surface area (Å²) in [4.78, 5) is 11.8. The van der Waals surface area contributed by atoms with E-state index in [4.69, 9.17) is 0 Å². The maximum absolute atomic E-state index is 11.8. The van der Waals surface area contributed by atoms with Gasteiger partial charge in [-0.1, -0.05) is 42.8 Å². The van der Waals surface area contributed by atoms with Crippen molar-refractivity contribution >= 4 is 22.8 Å². The number of aromatic amines is 1. The van der Waals surface area contributed by atoms with Gasteiger partial charge in [0.1, 0.15) is 0 Å². The largest absolute Gasteiger partial charge is 0.338 e. The normalized spacial score (nSPS) is 10.7. The van der Waals surface area contributed by atoms with Crippen LogP contribution >= 0.6 is 0 Å². The highest BCUT2D eigenvalue weighted by molar-refractivity contribution is 6.00. The van der Waals surface area contributed by atoms with Crippen molar-refractivity contribution in [3.8, 4) is 11.1 Å². The van der Waals surface area contributed by atoms with Crippen molar-refractivity contribution in [1.29, 1.82) is 0 Å². The molecule has 23 heavy (non-hydrogen) atoms. The lowest BCUT2D eigenvalue weighted by molar-refractivity contribution is 0.252. The van der Waals surface area contributed by atoms with Crippen LogP contribution in [0.25, 0.3) is 22.0 Å². The van der Waals surface area contributed by atoms with Crippen molar-refractivity contribution in [2.45, 2.75) is 20.3 Å². The number of hydrogen-bond acceptors (Lipinski definition) is 2. The molecule has 0 atom stereocenters. The minimum absolute atomic E-state index is 0.233. The minimum Gasteiger partial charge on any atom is -0.338 e. The van der Waals surface area contributed by atoms with Gasteiger partial charge in [0.05, 0.1) is 5.52 Å². The minimum atomic E-state index is -0.233. The van der Waals surface area contributed by atoms with Crippen molar-refractivity contribution in [3.63, 3.8) is 0 Å². The van der Waals surface area contributed by atoms with Crippen LogP contribution in [0.3, 0.4) is 0 Å². The molecule has 3 N–H and O–H groups in total. The molecule has 0 fully saturated rings. The highest BCUT2D eigenvalue weighted by atomic mass is 16.2. The maximum atomic E-state index is 11.8.